The number of fused-ring (bicyclic) bond motifs is 1. The fourth-order valence-electron chi connectivity index (χ4n) is 4.17. The topological polar surface area (TPSA) is 105 Å². The van der Waals surface area contributed by atoms with Gasteiger partial charge in [-0.15, -0.1) is 0 Å². The number of benzene rings is 3. The van der Waals surface area contributed by atoms with Crippen molar-refractivity contribution >= 4 is 26.7 Å². The van der Waals surface area contributed by atoms with Gasteiger partial charge in [0.05, 0.1) is 22.0 Å². The zero-order valence-electron chi connectivity index (χ0n) is 20.7. The summed E-state index contributed by atoms with van der Waals surface area (Å²) in [5.41, 5.74) is 2.36. The third-order valence-electron chi connectivity index (χ3n) is 6.36. The molecule has 0 radical (unpaired) electrons. The van der Waals surface area contributed by atoms with Gasteiger partial charge in [0, 0.05) is 31.4 Å². The van der Waals surface area contributed by atoms with Crippen LogP contribution in [0.4, 0.5) is 5.69 Å². The minimum absolute atomic E-state index is 0.0539. The Hall–Kier alpha value is -3.40. The number of aromatic nitrogens is 2. The van der Waals surface area contributed by atoms with E-state index in [1.165, 1.54) is 12.1 Å². The van der Waals surface area contributed by atoms with Crippen LogP contribution in [0.2, 0.25) is 0 Å². The van der Waals surface area contributed by atoms with Crippen LogP contribution in [-0.4, -0.2) is 34.7 Å². The maximum Gasteiger partial charge on any atom is 0.328 e. The molecule has 0 saturated heterocycles. The van der Waals surface area contributed by atoms with Crippen molar-refractivity contribution in [1.82, 2.24) is 14.5 Å². The van der Waals surface area contributed by atoms with E-state index >= 15 is 0 Å². The lowest BCUT2D eigenvalue weighted by Gasteiger charge is -2.28. The summed E-state index contributed by atoms with van der Waals surface area (Å²) in [4.78, 5) is 12.9. The fraction of sp³-hybridized carbons (Fsp3) is 0.296. The smallest absolute Gasteiger partial charge is 0.328 e. The molecule has 1 unspecified atom stereocenters. The van der Waals surface area contributed by atoms with Crippen molar-refractivity contribution in [2.75, 3.05) is 11.3 Å². The maximum absolute atomic E-state index is 12.7. The summed E-state index contributed by atoms with van der Waals surface area (Å²) in [5, 5.41) is 14.2. The van der Waals surface area contributed by atoms with E-state index in [1.54, 1.807) is 58.6 Å². The van der Waals surface area contributed by atoms with Crippen molar-refractivity contribution < 1.29 is 13.5 Å². The van der Waals surface area contributed by atoms with Crippen molar-refractivity contribution in [3.8, 4) is 0 Å². The minimum Gasteiger partial charge on any atom is -0.387 e. The SMILES string of the molecule is Cn1c(=O)n(CCC(C)(C)NCC(O)c2cccc(NS(=O)(=O)c3ccccc3)c2)c2ccccc21. The molecule has 9 heteroatoms. The third-order valence-corrected chi connectivity index (χ3v) is 7.76. The van der Waals surface area contributed by atoms with Crippen LogP contribution < -0.4 is 15.7 Å². The van der Waals surface area contributed by atoms with Crippen LogP contribution in [0.1, 0.15) is 31.9 Å². The van der Waals surface area contributed by atoms with Crippen molar-refractivity contribution in [2.24, 2.45) is 7.05 Å². The average Bonchev–Trinajstić information content (AvgIpc) is 3.11. The lowest BCUT2D eigenvalue weighted by atomic mass is 9.99. The number of aryl methyl sites for hydroxylation is 2. The Morgan fingerprint density at radius 3 is 2.33 bits per heavy atom. The molecule has 1 heterocycles. The van der Waals surface area contributed by atoms with E-state index in [2.05, 4.69) is 10.0 Å². The number of imidazole rings is 1. The fourth-order valence-corrected chi connectivity index (χ4v) is 5.24. The summed E-state index contributed by atoms with van der Waals surface area (Å²) < 4.78 is 31.2. The van der Waals surface area contributed by atoms with Crippen LogP contribution in [0.5, 0.6) is 0 Å². The highest BCUT2D eigenvalue weighted by atomic mass is 32.2. The largest absolute Gasteiger partial charge is 0.387 e. The molecule has 3 aromatic carbocycles. The van der Waals surface area contributed by atoms with E-state index < -0.39 is 16.1 Å². The molecule has 0 amide bonds. The van der Waals surface area contributed by atoms with Gasteiger partial charge in [-0.3, -0.25) is 13.9 Å². The molecule has 3 N–H and O–H groups in total. The Morgan fingerprint density at radius 1 is 0.944 bits per heavy atom. The molecule has 0 aliphatic heterocycles. The van der Waals surface area contributed by atoms with Gasteiger partial charge in [-0.1, -0.05) is 42.5 Å². The van der Waals surface area contributed by atoms with Gasteiger partial charge in [-0.25, -0.2) is 13.2 Å². The molecule has 190 valence electrons. The van der Waals surface area contributed by atoms with Crippen LogP contribution in [0, 0.1) is 0 Å². The number of para-hydroxylation sites is 2. The second-order valence-electron chi connectivity index (χ2n) is 9.56. The molecule has 4 rings (SSSR count). The number of aliphatic hydroxyl groups is 1. The van der Waals surface area contributed by atoms with Crippen molar-refractivity contribution in [3.63, 3.8) is 0 Å². The third kappa shape index (κ3) is 5.70. The molecule has 4 aromatic rings. The van der Waals surface area contributed by atoms with E-state index in [0.717, 1.165) is 11.0 Å². The van der Waals surface area contributed by atoms with Gasteiger partial charge in [-0.2, -0.15) is 0 Å². The molecule has 36 heavy (non-hydrogen) atoms. The van der Waals surface area contributed by atoms with Gasteiger partial charge in [-0.05, 0) is 62.2 Å². The number of β-amino-alcohol motifs (C(OH)–C–C–N with tert-alkyl or cyclic N) is 1. The molecule has 0 saturated carbocycles. The number of aliphatic hydroxyl groups excluding tert-OH is 1. The minimum atomic E-state index is -3.72. The Balaban J connectivity index is 1.39. The van der Waals surface area contributed by atoms with E-state index in [9.17, 15) is 18.3 Å². The van der Waals surface area contributed by atoms with Crippen LogP contribution in [0.3, 0.4) is 0 Å². The highest BCUT2D eigenvalue weighted by Crippen LogP contribution is 2.22. The maximum atomic E-state index is 12.7. The lowest BCUT2D eigenvalue weighted by Crippen LogP contribution is -2.43. The first kappa shape index (κ1) is 25.7. The second kappa shape index (κ2) is 10.3. The number of sulfonamides is 1. The zero-order valence-corrected chi connectivity index (χ0v) is 21.5. The van der Waals surface area contributed by atoms with E-state index in [4.69, 9.17) is 0 Å². The standard InChI is InChI=1S/C27H32N4O4S/c1-27(2,16-17-31-24-15-8-7-14-23(24)30(3)26(31)33)28-19-25(32)20-10-9-11-21(18-20)29-36(34,35)22-12-5-4-6-13-22/h4-15,18,25,28-29,32H,16-17,19H2,1-3H3. The predicted octanol–water partition coefficient (Wildman–Crippen LogP) is 3.63. The Bertz CT molecular complexity index is 1510. The number of anilines is 1. The Morgan fingerprint density at radius 2 is 1.61 bits per heavy atom. The summed E-state index contributed by atoms with van der Waals surface area (Å²) in [6.45, 7) is 4.86. The van der Waals surface area contributed by atoms with Gasteiger partial charge in [0.1, 0.15) is 0 Å². The lowest BCUT2D eigenvalue weighted by molar-refractivity contribution is 0.158. The normalized spacial score (nSPS) is 13.1. The van der Waals surface area contributed by atoms with Crippen molar-refractivity contribution in [2.45, 2.75) is 43.4 Å². The summed E-state index contributed by atoms with van der Waals surface area (Å²) in [5.74, 6) is 0. The number of rotatable bonds is 10. The van der Waals surface area contributed by atoms with Crippen LogP contribution in [0.25, 0.3) is 11.0 Å². The summed E-state index contributed by atoms with van der Waals surface area (Å²) in [7, 11) is -1.95. The van der Waals surface area contributed by atoms with E-state index in [-0.39, 0.29) is 22.7 Å². The molecular weight excluding hydrogens is 476 g/mol. The summed E-state index contributed by atoms with van der Waals surface area (Å²) >= 11 is 0. The Labute approximate surface area is 211 Å². The summed E-state index contributed by atoms with van der Waals surface area (Å²) in [6.07, 6.45) is -0.171. The van der Waals surface area contributed by atoms with E-state index in [1.807, 2.05) is 38.1 Å². The molecule has 0 spiro atoms. The van der Waals surface area contributed by atoms with Crippen molar-refractivity contribution in [1.29, 1.82) is 0 Å². The monoisotopic (exact) mass is 508 g/mol. The van der Waals surface area contributed by atoms with Crippen LogP contribution in [0.15, 0.2) is 88.6 Å². The number of nitrogens with zero attached hydrogens (tertiary/aromatic N) is 2. The van der Waals surface area contributed by atoms with Gasteiger partial charge in [0.2, 0.25) is 0 Å². The number of nitrogens with one attached hydrogen (secondary N) is 2. The first-order chi connectivity index (χ1) is 17.1. The molecule has 1 atom stereocenters. The summed E-state index contributed by atoms with van der Waals surface area (Å²) in [6, 6.07) is 22.6. The highest BCUT2D eigenvalue weighted by molar-refractivity contribution is 7.92. The average molecular weight is 509 g/mol. The Kier molecular flexibility index (Phi) is 7.35. The molecule has 0 bridgehead atoms. The molecule has 0 fully saturated rings. The van der Waals surface area contributed by atoms with Gasteiger partial charge in [0.15, 0.2) is 0 Å². The molecule has 0 aliphatic rings. The molecule has 0 aliphatic carbocycles. The number of hydrogen-bond acceptors (Lipinski definition) is 5. The first-order valence-corrected chi connectivity index (χ1v) is 13.3. The van der Waals surface area contributed by atoms with Gasteiger partial charge < -0.3 is 10.4 Å². The van der Waals surface area contributed by atoms with E-state index in [0.29, 0.717) is 24.2 Å². The van der Waals surface area contributed by atoms with Gasteiger partial charge in [0.25, 0.3) is 10.0 Å². The van der Waals surface area contributed by atoms with Crippen molar-refractivity contribution in [3.05, 3.63) is 94.9 Å². The van der Waals surface area contributed by atoms with Crippen LogP contribution in [-0.2, 0) is 23.6 Å². The van der Waals surface area contributed by atoms with Crippen LogP contribution >= 0.6 is 0 Å². The molecule has 8 nitrogen and oxygen atoms in total. The highest BCUT2D eigenvalue weighted by Gasteiger charge is 2.21. The second-order valence-corrected chi connectivity index (χ2v) is 11.2. The molecular formula is C27H32N4O4S. The number of hydrogen-bond donors (Lipinski definition) is 3. The quantitative estimate of drug-likeness (QED) is 0.303. The molecule has 1 aromatic heterocycles. The van der Waals surface area contributed by atoms with Gasteiger partial charge >= 0.3 is 5.69 Å². The first-order valence-electron chi connectivity index (χ1n) is 11.8. The zero-order chi connectivity index (χ0) is 25.9. The predicted molar refractivity (Wildman–Crippen MR) is 143 cm³/mol.